The second kappa shape index (κ2) is 5.53. The molecule has 0 saturated heterocycles. The number of anilines is 1. The number of hydrogen-bond acceptors (Lipinski definition) is 1. The highest BCUT2D eigenvalue weighted by molar-refractivity contribution is 6.17. The smallest absolute Gasteiger partial charge is 0.123 e. The molecular formula is C13H19ClFN. The summed E-state index contributed by atoms with van der Waals surface area (Å²) in [5.74, 6) is 0.644. The average Bonchev–Trinajstić information content (AvgIpc) is 2.26. The molecule has 1 unspecified atom stereocenters. The van der Waals surface area contributed by atoms with Crippen LogP contribution in [0.1, 0.15) is 26.3 Å². The van der Waals surface area contributed by atoms with E-state index >= 15 is 0 Å². The van der Waals surface area contributed by atoms with Gasteiger partial charge in [0.05, 0.1) is 0 Å². The lowest BCUT2D eigenvalue weighted by molar-refractivity contribution is 0.504. The van der Waals surface area contributed by atoms with E-state index in [1.165, 1.54) is 12.1 Å². The summed E-state index contributed by atoms with van der Waals surface area (Å²) in [5, 5.41) is 0. The molecule has 0 aliphatic rings. The third-order valence-corrected chi connectivity index (χ3v) is 3.43. The summed E-state index contributed by atoms with van der Waals surface area (Å²) in [6.07, 6.45) is 0. The fraction of sp³-hybridized carbons (Fsp3) is 0.538. The summed E-state index contributed by atoms with van der Waals surface area (Å²) in [5.41, 5.74) is 1.86. The molecule has 0 aromatic heterocycles. The monoisotopic (exact) mass is 243 g/mol. The molecule has 16 heavy (non-hydrogen) atoms. The maximum atomic E-state index is 13.1. The zero-order valence-corrected chi connectivity index (χ0v) is 11.1. The van der Waals surface area contributed by atoms with Gasteiger partial charge >= 0.3 is 0 Å². The van der Waals surface area contributed by atoms with Crippen molar-refractivity contribution in [3.8, 4) is 0 Å². The van der Waals surface area contributed by atoms with Gasteiger partial charge < -0.3 is 4.90 Å². The van der Waals surface area contributed by atoms with Crippen LogP contribution in [0.4, 0.5) is 10.1 Å². The lowest BCUT2D eigenvalue weighted by Gasteiger charge is -2.31. The van der Waals surface area contributed by atoms with Crippen molar-refractivity contribution in [3.63, 3.8) is 0 Å². The maximum Gasteiger partial charge on any atom is 0.123 e. The van der Waals surface area contributed by atoms with Crippen LogP contribution in [0.2, 0.25) is 0 Å². The number of benzene rings is 1. The Labute approximate surface area is 102 Å². The number of rotatable bonds is 4. The molecule has 0 radical (unpaired) electrons. The van der Waals surface area contributed by atoms with E-state index < -0.39 is 0 Å². The minimum Gasteiger partial charge on any atom is -0.371 e. The first kappa shape index (κ1) is 13.3. The van der Waals surface area contributed by atoms with E-state index in [4.69, 9.17) is 11.6 Å². The second-order valence-corrected chi connectivity index (χ2v) is 4.77. The molecular weight excluding hydrogens is 225 g/mol. The highest BCUT2D eigenvalue weighted by Gasteiger charge is 2.16. The molecule has 0 bridgehead atoms. The third-order valence-electron chi connectivity index (χ3n) is 3.14. The van der Waals surface area contributed by atoms with Crippen LogP contribution in [-0.2, 0) is 5.88 Å². The van der Waals surface area contributed by atoms with Crippen molar-refractivity contribution in [2.75, 3.05) is 11.9 Å². The predicted molar refractivity (Wildman–Crippen MR) is 68.7 cm³/mol. The first-order chi connectivity index (χ1) is 7.47. The summed E-state index contributed by atoms with van der Waals surface area (Å²) >= 11 is 5.84. The molecule has 1 rings (SSSR count). The Kier molecular flexibility index (Phi) is 4.60. The van der Waals surface area contributed by atoms with Crippen LogP contribution in [0, 0.1) is 11.7 Å². The SMILES string of the molecule is CC(C)C(C)N(C)c1ccc(F)cc1CCl. The fourth-order valence-electron chi connectivity index (χ4n) is 1.67. The average molecular weight is 244 g/mol. The molecule has 0 N–H and O–H groups in total. The van der Waals surface area contributed by atoms with Gasteiger partial charge in [0.2, 0.25) is 0 Å². The highest BCUT2D eigenvalue weighted by atomic mass is 35.5. The first-order valence-electron chi connectivity index (χ1n) is 5.54. The summed E-state index contributed by atoms with van der Waals surface area (Å²) < 4.78 is 13.1. The van der Waals surface area contributed by atoms with Gasteiger partial charge in [-0.15, -0.1) is 11.6 Å². The molecule has 0 fully saturated rings. The molecule has 1 aromatic carbocycles. The Morgan fingerprint density at radius 2 is 1.94 bits per heavy atom. The zero-order chi connectivity index (χ0) is 12.3. The van der Waals surface area contributed by atoms with Crippen LogP contribution in [-0.4, -0.2) is 13.1 Å². The zero-order valence-electron chi connectivity index (χ0n) is 10.3. The molecule has 3 heteroatoms. The Morgan fingerprint density at radius 3 is 2.44 bits per heavy atom. The van der Waals surface area contributed by atoms with Gasteiger partial charge in [0.25, 0.3) is 0 Å². The lowest BCUT2D eigenvalue weighted by atomic mass is 10.0. The Bertz CT molecular complexity index is 352. The van der Waals surface area contributed by atoms with E-state index in [1.807, 2.05) is 7.05 Å². The van der Waals surface area contributed by atoms with Crippen LogP contribution in [0.25, 0.3) is 0 Å². The number of halogens is 2. The molecule has 90 valence electrons. The lowest BCUT2D eigenvalue weighted by Crippen LogP contribution is -2.33. The van der Waals surface area contributed by atoms with Crippen molar-refractivity contribution in [1.82, 2.24) is 0 Å². The molecule has 0 saturated carbocycles. The summed E-state index contributed by atoms with van der Waals surface area (Å²) in [6.45, 7) is 6.50. The van der Waals surface area contributed by atoms with Gasteiger partial charge in [-0.05, 0) is 36.6 Å². The van der Waals surface area contributed by atoms with Crippen LogP contribution < -0.4 is 4.90 Å². The van der Waals surface area contributed by atoms with E-state index in [0.717, 1.165) is 11.3 Å². The van der Waals surface area contributed by atoms with Crippen molar-refractivity contribution in [2.45, 2.75) is 32.7 Å². The molecule has 1 nitrogen and oxygen atoms in total. The van der Waals surface area contributed by atoms with Crippen LogP contribution >= 0.6 is 11.6 Å². The molecule has 0 aliphatic carbocycles. The van der Waals surface area contributed by atoms with Crippen LogP contribution in [0.5, 0.6) is 0 Å². The van der Waals surface area contributed by atoms with Crippen molar-refractivity contribution in [2.24, 2.45) is 5.92 Å². The van der Waals surface area contributed by atoms with E-state index in [2.05, 4.69) is 25.7 Å². The molecule has 0 aliphatic heterocycles. The molecule has 0 amide bonds. The second-order valence-electron chi connectivity index (χ2n) is 4.50. The van der Waals surface area contributed by atoms with E-state index in [1.54, 1.807) is 6.07 Å². The summed E-state index contributed by atoms with van der Waals surface area (Å²) in [6, 6.07) is 5.18. The van der Waals surface area contributed by atoms with Gasteiger partial charge in [-0.25, -0.2) is 4.39 Å². The molecule has 0 spiro atoms. The number of nitrogens with zero attached hydrogens (tertiary/aromatic N) is 1. The predicted octanol–water partition coefficient (Wildman–Crippen LogP) is 4.05. The number of alkyl halides is 1. The van der Waals surface area contributed by atoms with Gasteiger partial charge in [0.1, 0.15) is 5.82 Å². The van der Waals surface area contributed by atoms with Crippen LogP contribution in [0.3, 0.4) is 0 Å². The first-order valence-corrected chi connectivity index (χ1v) is 6.08. The maximum absolute atomic E-state index is 13.1. The van der Waals surface area contributed by atoms with Crippen molar-refractivity contribution < 1.29 is 4.39 Å². The van der Waals surface area contributed by atoms with Crippen molar-refractivity contribution in [3.05, 3.63) is 29.6 Å². The Balaban J connectivity index is 3.03. The number of hydrogen-bond donors (Lipinski definition) is 0. The summed E-state index contributed by atoms with van der Waals surface area (Å²) in [7, 11) is 2.02. The highest BCUT2D eigenvalue weighted by Crippen LogP contribution is 2.25. The summed E-state index contributed by atoms with van der Waals surface area (Å²) in [4.78, 5) is 2.15. The van der Waals surface area contributed by atoms with Crippen molar-refractivity contribution in [1.29, 1.82) is 0 Å². The minimum absolute atomic E-state index is 0.231. The van der Waals surface area contributed by atoms with Gasteiger partial charge in [-0.3, -0.25) is 0 Å². The van der Waals surface area contributed by atoms with Crippen molar-refractivity contribution >= 4 is 17.3 Å². The Hall–Kier alpha value is -0.760. The standard InChI is InChI=1S/C13H19ClFN/c1-9(2)10(3)16(4)13-6-5-12(15)7-11(13)8-14/h5-7,9-10H,8H2,1-4H3. The quantitative estimate of drug-likeness (QED) is 0.722. The van der Waals surface area contributed by atoms with Gasteiger partial charge in [0, 0.05) is 24.7 Å². The minimum atomic E-state index is -0.231. The van der Waals surface area contributed by atoms with Gasteiger partial charge in [-0.1, -0.05) is 13.8 Å². The topological polar surface area (TPSA) is 3.24 Å². The largest absolute Gasteiger partial charge is 0.371 e. The van der Waals surface area contributed by atoms with E-state index in [9.17, 15) is 4.39 Å². The fourth-order valence-corrected chi connectivity index (χ4v) is 1.89. The normalized spacial score (nSPS) is 12.9. The van der Waals surface area contributed by atoms with Crippen LogP contribution in [0.15, 0.2) is 18.2 Å². The van der Waals surface area contributed by atoms with Gasteiger partial charge in [-0.2, -0.15) is 0 Å². The molecule has 0 heterocycles. The third kappa shape index (κ3) is 2.88. The molecule has 1 atom stereocenters. The van der Waals surface area contributed by atoms with Gasteiger partial charge in [0.15, 0.2) is 0 Å². The van der Waals surface area contributed by atoms with E-state index in [-0.39, 0.29) is 5.82 Å². The molecule has 1 aromatic rings. The van der Waals surface area contributed by atoms with E-state index in [0.29, 0.717) is 17.8 Å². The Morgan fingerprint density at radius 1 is 1.31 bits per heavy atom.